The molecule has 1 amide bonds. The molecule has 3 rings (SSSR count). The zero-order chi connectivity index (χ0) is 23.1. The average Bonchev–Trinajstić information content (AvgIpc) is 2.74. The molecule has 0 spiro atoms. The van der Waals surface area contributed by atoms with Gasteiger partial charge in [0, 0.05) is 30.9 Å². The Labute approximate surface area is 188 Å². The molecular weight excluding hydrogens is 443 g/mol. The number of anilines is 1. The number of carbonyl (C=O) groups is 1. The third-order valence-electron chi connectivity index (χ3n) is 4.50. The molecule has 9 heteroatoms. The van der Waals surface area contributed by atoms with Crippen LogP contribution in [0.2, 0.25) is 5.02 Å². The predicted octanol–water partition coefficient (Wildman–Crippen LogP) is 5.84. The van der Waals surface area contributed by atoms with Crippen molar-refractivity contribution in [3.8, 4) is 11.5 Å². The highest BCUT2D eigenvalue weighted by Gasteiger charge is 2.33. The third-order valence-corrected chi connectivity index (χ3v) is 4.83. The van der Waals surface area contributed by atoms with Crippen LogP contribution in [0.25, 0.3) is 0 Å². The van der Waals surface area contributed by atoms with Crippen molar-refractivity contribution in [3.05, 3.63) is 82.6 Å². The van der Waals surface area contributed by atoms with Crippen LogP contribution in [-0.2, 0) is 23.9 Å². The second-order valence-corrected chi connectivity index (χ2v) is 7.41. The van der Waals surface area contributed by atoms with Gasteiger partial charge in [-0.25, -0.2) is 0 Å². The lowest BCUT2D eigenvalue weighted by Gasteiger charge is -2.12. The summed E-state index contributed by atoms with van der Waals surface area (Å²) in [5.74, 6) is 0.911. The minimum atomic E-state index is -4.59. The van der Waals surface area contributed by atoms with Gasteiger partial charge in [-0.3, -0.25) is 9.78 Å². The van der Waals surface area contributed by atoms with Gasteiger partial charge in [-0.2, -0.15) is 13.2 Å². The topological polar surface area (TPSA) is 63.2 Å². The van der Waals surface area contributed by atoms with Gasteiger partial charge in [0.2, 0.25) is 5.91 Å². The van der Waals surface area contributed by atoms with E-state index in [1.54, 1.807) is 24.4 Å². The Morgan fingerprint density at radius 2 is 1.81 bits per heavy atom. The van der Waals surface area contributed by atoms with E-state index in [-0.39, 0.29) is 12.1 Å². The van der Waals surface area contributed by atoms with Crippen molar-refractivity contribution < 1.29 is 22.7 Å². The zero-order valence-electron chi connectivity index (χ0n) is 17.2. The van der Waals surface area contributed by atoms with Crippen molar-refractivity contribution in [2.24, 2.45) is 0 Å². The summed E-state index contributed by atoms with van der Waals surface area (Å²) in [7, 11) is 1.84. The molecule has 3 aromatic rings. The van der Waals surface area contributed by atoms with Crippen LogP contribution in [0.1, 0.15) is 23.2 Å². The van der Waals surface area contributed by atoms with E-state index in [0.29, 0.717) is 24.5 Å². The number of ether oxygens (including phenoxy) is 1. The van der Waals surface area contributed by atoms with E-state index in [1.807, 2.05) is 25.2 Å². The molecule has 2 aromatic carbocycles. The van der Waals surface area contributed by atoms with Crippen molar-refractivity contribution in [3.63, 3.8) is 0 Å². The summed E-state index contributed by atoms with van der Waals surface area (Å²) in [5, 5.41) is 5.09. The van der Waals surface area contributed by atoms with Gasteiger partial charge in [0.1, 0.15) is 11.5 Å². The first-order chi connectivity index (χ1) is 15.2. The van der Waals surface area contributed by atoms with Crippen LogP contribution in [-0.4, -0.2) is 17.9 Å². The van der Waals surface area contributed by atoms with Crippen molar-refractivity contribution in [1.29, 1.82) is 0 Å². The summed E-state index contributed by atoms with van der Waals surface area (Å²) < 4.78 is 44.7. The summed E-state index contributed by atoms with van der Waals surface area (Å²) in [6.45, 7) is 0.631. The van der Waals surface area contributed by atoms with Crippen LogP contribution in [0.5, 0.6) is 11.5 Å². The van der Waals surface area contributed by atoms with Gasteiger partial charge in [0.15, 0.2) is 0 Å². The number of benzene rings is 2. The summed E-state index contributed by atoms with van der Waals surface area (Å²) in [5.41, 5.74) is 0.811. The highest BCUT2D eigenvalue weighted by Crippen LogP contribution is 2.36. The number of alkyl halides is 3. The Kier molecular flexibility index (Phi) is 7.71. The summed E-state index contributed by atoms with van der Waals surface area (Å²) in [6.07, 6.45) is -2.38. The Morgan fingerprint density at radius 3 is 2.50 bits per heavy atom. The van der Waals surface area contributed by atoms with E-state index < -0.39 is 22.7 Å². The number of halogens is 4. The first kappa shape index (κ1) is 23.6. The van der Waals surface area contributed by atoms with Gasteiger partial charge in [0.05, 0.1) is 16.3 Å². The fraction of sp³-hybridized carbons (Fsp3) is 0.217. The Morgan fingerprint density at radius 1 is 1.06 bits per heavy atom. The number of nitrogens with zero attached hydrogens (tertiary/aromatic N) is 1. The SMILES string of the molecule is CNCc1cc(Oc2ccc(CCC(=O)Nc3ccc(Cl)c(C(F)(F)F)c3)cc2)ccn1. The van der Waals surface area contributed by atoms with Crippen LogP contribution < -0.4 is 15.4 Å². The number of nitrogens with one attached hydrogen (secondary N) is 2. The molecule has 0 bridgehead atoms. The summed E-state index contributed by atoms with van der Waals surface area (Å²) in [4.78, 5) is 16.4. The van der Waals surface area contributed by atoms with E-state index in [4.69, 9.17) is 16.3 Å². The van der Waals surface area contributed by atoms with Crippen LogP contribution in [0.4, 0.5) is 18.9 Å². The van der Waals surface area contributed by atoms with Crippen LogP contribution in [0, 0.1) is 0 Å². The van der Waals surface area contributed by atoms with Crippen molar-refractivity contribution in [1.82, 2.24) is 10.3 Å². The molecule has 1 heterocycles. The second kappa shape index (κ2) is 10.5. The lowest BCUT2D eigenvalue weighted by molar-refractivity contribution is -0.137. The fourth-order valence-electron chi connectivity index (χ4n) is 2.96. The number of aromatic nitrogens is 1. The highest BCUT2D eigenvalue weighted by atomic mass is 35.5. The number of rotatable bonds is 8. The molecule has 168 valence electrons. The molecule has 0 aliphatic heterocycles. The van der Waals surface area contributed by atoms with Gasteiger partial charge in [-0.05, 0) is 55.4 Å². The number of amides is 1. The molecule has 0 aliphatic rings. The minimum Gasteiger partial charge on any atom is -0.457 e. The smallest absolute Gasteiger partial charge is 0.417 e. The molecule has 2 N–H and O–H groups in total. The normalized spacial score (nSPS) is 11.3. The first-order valence-electron chi connectivity index (χ1n) is 9.77. The molecule has 0 atom stereocenters. The van der Waals surface area contributed by atoms with Gasteiger partial charge < -0.3 is 15.4 Å². The van der Waals surface area contributed by atoms with Gasteiger partial charge >= 0.3 is 6.18 Å². The van der Waals surface area contributed by atoms with E-state index in [9.17, 15) is 18.0 Å². The van der Waals surface area contributed by atoms with E-state index in [1.165, 1.54) is 6.07 Å². The van der Waals surface area contributed by atoms with Crippen LogP contribution >= 0.6 is 11.6 Å². The Balaban J connectivity index is 1.54. The molecule has 5 nitrogen and oxygen atoms in total. The monoisotopic (exact) mass is 463 g/mol. The summed E-state index contributed by atoms with van der Waals surface area (Å²) in [6, 6.07) is 14.1. The zero-order valence-corrected chi connectivity index (χ0v) is 17.9. The Bertz CT molecular complexity index is 1070. The molecule has 0 fully saturated rings. The van der Waals surface area contributed by atoms with E-state index in [2.05, 4.69) is 15.6 Å². The average molecular weight is 464 g/mol. The highest BCUT2D eigenvalue weighted by molar-refractivity contribution is 6.31. The molecule has 0 unspecified atom stereocenters. The van der Waals surface area contributed by atoms with Gasteiger partial charge in [-0.15, -0.1) is 0 Å². The van der Waals surface area contributed by atoms with Crippen molar-refractivity contribution >= 4 is 23.2 Å². The van der Waals surface area contributed by atoms with Crippen LogP contribution in [0.3, 0.4) is 0 Å². The maximum atomic E-state index is 12.9. The standard InChI is InChI=1S/C23H21ClF3N3O2/c1-28-14-17-12-19(10-11-29-17)32-18-6-2-15(3-7-18)4-9-22(31)30-16-5-8-21(24)20(13-16)23(25,26)27/h2-3,5-8,10-13,28H,4,9,14H2,1H3,(H,30,31). The van der Waals surface area contributed by atoms with Gasteiger partial charge in [0.25, 0.3) is 0 Å². The number of carbonyl (C=O) groups excluding carboxylic acids is 1. The van der Waals surface area contributed by atoms with Crippen molar-refractivity contribution in [2.75, 3.05) is 12.4 Å². The van der Waals surface area contributed by atoms with Crippen LogP contribution in [0.15, 0.2) is 60.8 Å². The fourth-order valence-corrected chi connectivity index (χ4v) is 3.18. The lowest BCUT2D eigenvalue weighted by atomic mass is 10.1. The largest absolute Gasteiger partial charge is 0.457 e. The maximum Gasteiger partial charge on any atom is 0.417 e. The molecule has 0 saturated heterocycles. The number of hydrogen-bond acceptors (Lipinski definition) is 4. The molecule has 0 radical (unpaired) electrons. The predicted molar refractivity (Wildman–Crippen MR) is 117 cm³/mol. The molecule has 0 saturated carbocycles. The van der Waals surface area contributed by atoms with Crippen molar-refractivity contribution in [2.45, 2.75) is 25.6 Å². The van der Waals surface area contributed by atoms with E-state index in [0.717, 1.165) is 23.4 Å². The number of pyridine rings is 1. The first-order valence-corrected chi connectivity index (χ1v) is 10.2. The maximum absolute atomic E-state index is 12.9. The third kappa shape index (κ3) is 6.70. The quantitative estimate of drug-likeness (QED) is 0.440. The second-order valence-electron chi connectivity index (χ2n) is 7.00. The molecule has 0 aliphatic carbocycles. The number of hydrogen-bond donors (Lipinski definition) is 2. The summed E-state index contributed by atoms with van der Waals surface area (Å²) >= 11 is 5.60. The lowest BCUT2D eigenvalue weighted by Crippen LogP contribution is -2.14. The molecule has 1 aromatic heterocycles. The number of aryl methyl sites for hydroxylation is 1. The molecule has 32 heavy (non-hydrogen) atoms. The Hall–Kier alpha value is -3.10. The van der Waals surface area contributed by atoms with Gasteiger partial charge in [-0.1, -0.05) is 23.7 Å². The van der Waals surface area contributed by atoms with E-state index >= 15 is 0 Å². The molecular formula is C23H21ClF3N3O2. The minimum absolute atomic E-state index is 0.0467.